The number of H-pyrrole nitrogens is 1. The molecule has 0 unspecified atom stereocenters. The van der Waals surface area contributed by atoms with Crippen LogP contribution in [0.2, 0.25) is 0 Å². The van der Waals surface area contributed by atoms with Crippen LogP contribution in [0.3, 0.4) is 0 Å². The number of likely N-dealkylation sites (tertiary alicyclic amines) is 1. The van der Waals surface area contributed by atoms with Gasteiger partial charge >= 0.3 is 0 Å². The van der Waals surface area contributed by atoms with Gasteiger partial charge < -0.3 is 15.2 Å². The second-order valence-electron chi connectivity index (χ2n) is 9.30. The quantitative estimate of drug-likeness (QED) is 0.655. The molecule has 1 aromatic heterocycles. The van der Waals surface area contributed by atoms with Crippen molar-refractivity contribution in [3.8, 4) is 0 Å². The molecule has 3 heterocycles. The van der Waals surface area contributed by atoms with Crippen LogP contribution >= 0.6 is 0 Å². The number of carbonyl (C=O) groups is 2. The summed E-state index contributed by atoms with van der Waals surface area (Å²) >= 11 is 0. The molecule has 184 valence electrons. The third kappa shape index (κ3) is 5.52. The monoisotopic (exact) mass is 486 g/mol. The Balaban J connectivity index is 1.39. The van der Waals surface area contributed by atoms with Gasteiger partial charge in [-0.25, -0.2) is 8.42 Å². The molecule has 0 spiro atoms. The summed E-state index contributed by atoms with van der Waals surface area (Å²) in [7, 11) is -3.80. The number of aromatic nitrogens is 1. The van der Waals surface area contributed by atoms with Crippen LogP contribution < -0.4 is 5.32 Å². The molecule has 0 radical (unpaired) electrons. The number of sulfonamides is 1. The minimum atomic E-state index is -3.80. The van der Waals surface area contributed by atoms with E-state index in [2.05, 4.69) is 10.3 Å². The topological polar surface area (TPSA) is 103 Å². The van der Waals surface area contributed by atoms with Crippen molar-refractivity contribution < 1.29 is 18.0 Å². The van der Waals surface area contributed by atoms with Crippen LogP contribution in [-0.2, 0) is 21.4 Å². The average Bonchev–Trinajstić information content (AvgIpc) is 3.20. The molecular weight excluding hydrogens is 452 g/mol. The Morgan fingerprint density at radius 3 is 2.53 bits per heavy atom. The number of amides is 2. The van der Waals surface area contributed by atoms with Crippen LogP contribution in [0.4, 0.5) is 0 Å². The van der Waals surface area contributed by atoms with Crippen molar-refractivity contribution in [3.05, 3.63) is 53.3 Å². The number of nitrogens with zero attached hydrogens (tertiary/aromatic N) is 2. The van der Waals surface area contributed by atoms with E-state index in [1.807, 2.05) is 31.2 Å². The smallest absolute Gasteiger partial charge is 0.270 e. The minimum absolute atomic E-state index is 0.0756. The van der Waals surface area contributed by atoms with Crippen molar-refractivity contribution in [2.75, 3.05) is 26.2 Å². The average molecular weight is 487 g/mol. The molecule has 2 fully saturated rings. The second kappa shape index (κ2) is 10.7. The third-order valence-electron chi connectivity index (χ3n) is 6.89. The minimum Gasteiger partial charge on any atom is -0.356 e. The zero-order valence-electron chi connectivity index (χ0n) is 19.8. The Morgan fingerprint density at radius 1 is 1.06 bits per heavy atom. The highest BCUT2D eigenvalue weighted by Gasteiger charge is 2.34. The first-order valence-corrected chi connectivity index (χ1v) is 13.6. The maximum atomic E-state index is 13.3. The molecule has 0 bridgehead atoms. The van der Waals surface area contributed by atoms with Gasteiger partial charge in [0.05, 0.1) is 5.92 Å². The molecule has 9 heteroatoms. The number of hydrogen-bond donors (Lipinski definition) is 2. The fourth-order valence-electron chi connectivity index (χ4n) is 4.75. The molecule has 0 saturated carbocycles. The standard InChI is InChI=1S/C25H34N4O4S/c1-19-9-4-5-10-20(19)16-27-24(30)21-11-8-14-29(18-21)34(32,33)22-15-23(26-17-22)25(31)28-12-6-2-3-7-13-28/h4-5,9-10,15,17,21,26H,2-3,6-8,11-14,16,18H2,1H3,(H,27,30)/t21-/m0/s1. The van der Waals surface area contributed by atoms with E-state index in [0.29, 0.717) is 44.7 Å². The second-order valence-corrected chi connectivity index (χ2v) is 11.2. The molecule has 0 aliphatic carbocycles. The predicted octanol–water partition coefficient (Wildman–Crippen LogP) is 3.06. The van der Waals surface area contributed by atoms with Gasteiger partial charge in [0.1, 0.15) is 10.6 Å². The number of rotatable bonds is 6. The first kappa shape index (κ1) is 24.5. The Kier molecular flexibility index (Phi) is 7.73. The summed E-state index contributed by atoms with van der Waals surface area (Å²) in [6, 6.07) is 9.30. The molecule has 34 heavy (non-hydrogen) atoms. The molecule has 2 N–H and O–H groups in total. The summed E-state index contributed by atoms with van der Waals surface area (Å²) in [5.74, 6) is -0.686. The van der Waals surface area contributed by atoms with Gasteiger partial charge in [0, 0.05) is 38.9 Å². The van der Waals surface area contributed by atoms with Crippen LogP contribution in [0, 0.1) is 12.8 Å². The lowest BCUT2D eigenvalue weighted by Crippen LogP contribution is -2.45. The zero-order chi connectivity index (χ0) is 24.1. The van der Waals surface area contributed by atoms with E-state index in [0.717, 1.165) is 36.8 Å². The largest absolute Gasteiger partial charge is 0.356 e. The molecular formula is C25H34N4O4S. The van der Waals surface area contributed by atoms with E-state index in [-0.39, 0.29) is 23.3 Å². The SMILES string of the molecule is Cc1ccccc1CNC(=O)[C@H]1CCCN(S(=O)(=O)c2c[nH]c(C(=O)N3CCCCCC3)c2)C1. The van der Waals surface area contributed by atoms with Crippen molar-refractivity contribution >= 4 is 21.8 Å². The molecule has 2 aliphatic heterocycles. The normalized spacial score (nSPS) is 20.0. The Hall–Kier alpha value is -2.65. The molecule has 2 amide bonds. The summed E-state index contributed by atoms with van der Waals surface area (Å²) in [5.41, 5.74) is 2.45. The van der Waals surface area contributed by atoms with Crippen molar-refractivity contribution in [2.45, 2.75) is 56.9 Å². The van der Waals surface area contributed by atoms with E-state index >= 15 is 0 Å². The molecule has 1 atom stereocenters. The molecule has 2 aromatic rings. The van der Waals surface area contributed by atoms with Gasteiger partial charge in [-0.05, 0) is 49.8 Å². The highest BCUT2D eigenvalue weighted by Crippen LogP contribution is 2.25. The lowest BCUT2D eigenvalue weighted by Gasteiger charge is -2.31. The van der Waals surface area contributed by atoms with Crippen molar-refractivity contribution in [2.24, 2.45) is 5.92 Å². The van der Waals surface area contributed by atoms with E-state index in [9.17, 15) is 18.0 Å². The van der Waals surface area contributed by atoms with E-state index in [1.165, 1.54) is 16.6 Å². The van der Waals surface area contributed by atoms with Crippen LogP contribution in [0.1, 0.15) is 60.1 Å². The summed E-state index contributed by atoms with van der Waals surface area (Å²) in [5, 5.41) is 2.96. The summed E-state index contributed by atoms with van der Waals surface area (Å²) in [6.07, 6.45) is 6.83. The van der Waals surface area contributed by atoms with Crippen LogP contribution in [0.15, 0.2) is 41.4 Å². The molecule has 1 aromatic carbocycles. The first-order chi connectivity index (χ1) is 16.4. The Morgan fingerprint density at radius 2 is 1.79 bits per heavy atom. The highest BCUT2D eigenvalue weighted by atomic mass is 32.2. The fraction of sp³-hybridized carbons (Fsp3) is 0.520. The van der Waals surface area contributed by atoms with Gasteiger partial charge in [-0.3, -0.25) is 9.59 Å². The van der Waals surface area contributed by atoms with Gasteiger partial charge in [-0.2, -0.15) is 4.31 Å². The zero-order valence-corrected chi connectivity index (χ0v) is 20.6. The van der Waals surface area contributed by atoms with E-state index < -0.39 is 15.9 Å². The lowest BCUT2D eigenvalue weighted by molar-refractivity contribution is -0.126. The Labute approximate surface area is 201 Å². The maximum absolute atomic E-state index is 13.3. The predicted molar refractivity (Wildman–Crippen MR) is 130 cm³/mol. The molecule has 4 rings (SSSR count). The number of nitrogens with one attached hydrogen (secondary N) is 2. The number of benzene rings is 1. The van der Waals surface area contributed by atoms with Crippen LogP contribution in [0.5, 0.6) is 0 Å². The summed E-state index contributed by atoms with van der Waals surface area (Å²) in [6.45, 7) is 4.33. The summed E-state index contributed by atoms with van der Waals surface area (Å²) in [4.78, 5) is 30.4. The Bertz CT molecular complexity index is 1120. The highest BCUT2D eigenvalue weighted by molar-refractivity contribution is 7.89. The maximum Gasteiger partial charge on any atom is 0.270 e. The lowest BCUT2D eigenvalue weighted by atomic mass is 9.98. The van der Waals surface area contributed by atoms with Gasteiger partial charge in [-0.15, -0.1) is 0 Å². The number of aromatic amines is 1. The van der Waals surface area contributed by atoms with Gasteiger partial charge in [0.25, 0.3) is 5.91 Å². The van der Waals surface area contributed by atoms with Gasteiger partial charge in [0.2, 0.25) is 15.9 Å². The number of piperidine rings is 1. The number of aryl methyl sites for hydroxylation is 1. The van der Waals surface area contributed by atoms with Gasteiger partial charge in [0.15, 0.2) is 0 Å². The van der Waals surface area contributed by atoms with Crippen LogP contribution in [-0.4, -0.2) is 60.6 Å². The van der Waals surface area contributed by atoms with Crippen molar-refractivity contribution in [3.63, 3.8) is 0 Å². The molecule has 8 nitrogen and oxygen atoms in total. The molecule has 2 saturated heterocycles. The first-order valence-electron chi connectivity index (χ1n) is 12.2. The van der Waals surface area contributed by atoms with E-state index in [4.69, 9.17) is 0 Å². The van der Waals surface area contributed by atoms with Crippen LogP contribution in [0.25, 0.3) is 0 Å². The third-order valence-corrected chi connectivity index (χ3v) is 8.73. The molecule has 2 aliphatic rings. The number of hydrogen-bond acceptors (Lipinski definition) is 4. The van der Waals surface area contributed by atoms with Crippen molar-refractivity contribution in [1.82, 2.24) is 19.5 Å². The fourth-order valence-corrected chi connectivity index (χ4v) is 6.27. The number of carbonyl (C=O) groups excluding carboxylic acids is 2. The van der Waals surface area contributed by atoms with Crippen molar-refractivity contribution in [1.29, 1.82) is 0 Å². The van der Waals surface area contributed by atoms with Gasteiger partial charge in [-0.1, -0.05) is 37.1 Å². The summed E-state index contributed by atoms with van der Waals surface area (Å²) < 4.78 is 28.0. The van der Waals surface area contributed by atoms with E-state index in [1.54, 1.807) is 4.90 Å².